The predicted octanol–water partition coefficient (Wildman–Crippen LogP) is 3.65. The Morgan fingerprint density at radius 3 is 2.68 bits per heavy atom. The van der Waals surface area contributed by atoms with Crippen molar-refractivity contribution in [3.63, 3.8) is 0 Å². The SMILES string of the molecule is CC(Cc1ccccc1)NCCCn1cnc2ccccc21. The number of para-hydroxylation sites is 2. The zero-order valence-electron chi connectivity index (χ0n) is 13.1. The van der Waals surface area contributed by atoms with Crippen LogP contribution in [0.2, 0.25) is 0 Å². The second kappa shape index (κ2) is 7.23. The molecule has 0 radical (unpaired) electrons. The number of imidazole rings is 1. The largest absolute Gasteiger partial charge is 0.331 e. The number of aryl methyl sites for hydroxylation is 1. The van der Waals surface area contributed by atoms with Gasteiger partial charge in [-0.3, -0.25) is 0 Å². The van der Waals surface area contributed by atoms with Crippen molar-refractivity contribution in [2.45, 2.75) is 32.4 Å². The molecule has 2 aromatic carbocycles. The summed E-state index contributed by atoms with van der Waals surface area (Å²) in [4.78, 5) is 4.43. The molecular formula is C19H23N3. The molecule has 1 atom stereocenters. The second-order valence-electron chi connectivity index (χ2n) is 5.83. The molecule has 3 aromatic rings. The molecule has 1 aromatic heterocycles. The minimum atomic E-state index is 0.502. The Kier molecular flexibility index (Phi) is 4.86. The number of benzene rings is 2. The summed E-state index contributed by atoms with van der Waals surface area (Å²) in [5.74, 6) is 0. The third-order valence-electron chi connectivity index (χ3n) is 3.98. The molecule has 0 amide bonds. The van der Waals surface area contributed by atoms with Crippen molar-refractivity contribution in [3.8, 4) is 0 Å². The molecule has 0 aliphatic rings. The van der Waals surface area contributed by atoms with Gasteiger partial charge < -0.3 is 9.88 Å². The van der Waals surface area contributed by atoms with E-state index in [9.17, 15) is 0 Å². The Morgan fingerprint density at radius 2 is 1.82 bits per heavy atom. The van der Waals surface area contributed by atoms with Gasteiger partial charge >= 0.3 is 0 Å². The number of nitrogens with zero attached hydrogens (tertiary/aromatic N) is 2. The molecule has 3 nitrogen and oxygen atoms in total. The van der Waals surface area contributed by atoms with E-state index >= 15 is 0 Å². The highest BCUT2D eigenvalue weighted by Gasteiger charge is 2.03. The highest BCUT2D eigenvalue weighted by Crippen LogP contribution is 2.12. The van der Waals surface area contributed by atoms with Crippen LogP contribution in [0, 0.1) is 0 Å². The van der Waals surface area contributed by atoms with Gasteiger partial charge in [-0.1, -0.05) is 42.5 Å². The zero-order valence-corrected chi connectivity index (χ0v) is 13.1. The van der Waals surface area contributed by atoms with Crippen molar-refractivity contribution in [2.75, 3.05) is 6.54 Å². The van der Waals surface area contributed by atoms with E-state index in [4.69, 9.17) is 0 Å². The average Bonchev–Trinajstić information content (AvgIpc) is 2.96. The van der Waals surface area contributed by atoms with E-state index in [1.165, 1.54) is 11.1 Å². The van der Waals surface area contributed by atoms with Crippen molar-refractivity contribution in [3.05, 3.63) is 66.5 Å². The number of nitrogens with one attached hydrogen (secondary N) is 1. The lowest BCUT2D eigenvalue weighted by molar-refractivity contribution is 0.513. The Labute approximate surface area is 132 Å². The molecule has 0 saturated heterocycles. The van der Waals surface area contributed by atoms with Crippen LogP contribution in [0.1, 0.15) is 18.9 Å². The summed E-state index contributed by atoms with van der Waals surface area (Å²) < 4.78 is 2.23. The monoisotopic (exact) mass is 293 g/mol. The first-order chi connectivity index (χ1) is 10.8. The van der Waals surface area contributed by atoms with Gasteiger partial charge in [0.05, 0.1) is 17.4 Å². The van der Waals surface area contributed by atoms with Crippen LogP contribution in [0.3, 0.4) is 0 Å². The standard InChI is InChI=1S/C19H23N3/c1-16(14-17-8-3-2-4-9-17)20-12-7-13-22-15-21-18-10-5-6-11-19(18)22/h2-6,8-11,15-16,20H,7,12-14H2,1H3. The number of hydrogen-bond acceptors (Lipinski definition) is 2. The van der Waals surface area contributed by atoms with Gasteiger partial charge in [0, 0.05) is 12.6 Å². The van der Waals surface area contributed by atoms with Gasteiger partial charge in [0.1, 0.15) is 0 Å². The number of hydrogen-bond donors (Lipinski definition) is 1. The summed E-state index contributed by atoms with van der Waals surface area (Å²) in [6.07, 6.45) is 4.13. The molecule has 22 heavy (non-hydrogen) atoms. The quantitative estimate of drug-likeness (QED) is 0.674. The molecular weight excluding hydrogens is 270 g/mol. The minimum Gasteiger partial charge on any atom is -0.331 e. The number of aromatic nitrogens is 2. The van der Waals surface area contributed by atoms with E-state index in [1.54, 1.807) is 0 Å². The lowest BCUT2D eigenvalue weighted by Gasteiger charge is -2.14. The van der Waals surface area contributed by atoms with Crippen LogP contribution in [0.4, 0.5) is 0 Å². The van der Waals surface area contributed by atoms with Crippen molar-refractivity contribution in [1.82, 2.24) is 14.9 Å². The molecule has 0 aliphatic heterocycles. The smallest absolute Gasteiger partial charge is 0.0958 e. The fraction of sp³-hybridized carbons (Fsp3) is 0.316. The first-order valence-electron chi connectivity index (χ1n) is 8.00. The van der Waals surface area contributed by atoms with E-state index in [-0.39, 0.29) is 0 Å². The lowest BCUT2D eigenvalue weighted by atomic mass is 10.1. The van der Waals surface area contributed by atoms with Crippen molar-refractivity contribution in [2.24, 2.45) is 0 Å². The molecule has 1 N–H and O–H groups in total. The molecule has 0 fully saturated rings. The third-order valence-corrected chi connectivity index (χ3v) is 3.98. The average molecular weight is 293 g/mol. The van der Waals surface area contributed by atoms with Crippen LogP contribution in [0.25, 0.3) is 11.0 Å². The van der Waals surface area contributed by atoms with Crippen LogP contribution in [-0.4, -0.2) is 22.1 Å². The Morgan fingerprint density at radius 1 is 1.05 bits per heavy atom. The summed E-state index contributed by atoms with van der Waals surface area (Å²) in [6, 6.07) is 19.5. The van der Waals surface area contributed by atoms with Gasteiger partial charge in [-0.15, -0.1) is 0 Å². The topological polar surface area (TPSA) is 29.9 Å². The highest BCUT2D eigenvalue weighted by atomic mass is 15.0. The maximum atomic E-state index is 4.43. The summed E-state index contributed by atoms with van der Waals surface area (Å²) in [6.45, 7) is 4.28. The molecule has 3 heteroatoms. The van der Waals surface area contributed by atoms with Crippen molar-refractivity contribution < 1.29 is 0 Å². The summed E-state index contributed by atoms with van der Waals surface area (Å²) >= 11 is 0. The Hall–Kier alpha value is -2.13. The maximum Gasteiger partial charge on any atom is 0.0958 e. The lowest BCUT2D eigenvalue weighted by Crippen LogP contribution is -2.29. The van der Waals surface area contributed by atoms with Crippen LogP contribution >= 0.6 is 0 Å². The number of rotatable bonds is 7. The van der Waals surface area contributed by atoms with Crippen molar-refractivity contribution >= 4 is 11.0 Å². The van der Waals surface area contributed by atoms with Crippen LogP contribution in [-0.2, 0) is 13.0 Å². The van der Waals surface area contributed by atoms with Gasteiger partial charge in [-0.2, -0.15) is 0 Å². The molecule has 0 bridgehead atoms. The van der Waals surface area contributed by atoms with Gasteiger partial charge in [-0.25, -0.2) is 4.98 Å². The van der Waals surface area contributed by atoms with E-state index in [0.29, 0.717) is 6.04 Å². The van der Waals surface area contributed by atoms with E-state index in [0.717, 1.165) is 31.4 Å². The van der Waals surface area contributed by atoms with E-state index in [2.05, 4.69) is 70.3 Å². The van der Waals surface area contributed by atoms with Gasteiger partial charge in [0.15, 0.2) is 0 Å². The first kappa shape index (κ1) is 14.8. The minimum absolute atomic E-state index is 0.502. The fourth-order valence-electron chi connectivity index (χ4n) is 2.83. The van der Waals surface area contributed by atoms with Crippen LogP contribution in [0.5, 0.6) is 0 Å². The van der Waals surface area contributed by atoms with Gasteiger partial charge in [0.2, 0.25) is 0 Å². The summed E-state index contributed by atoms with van der Waals surface area (Å²) in [5, 5.41) is 3.61. The molecule has 0 saturated carbocycles. The molecule has 3 rings (SSSR count). The summed E-state index contributed by atoms with van der Waals surface area (Å²) in [7, 11) is 0. The normalized spacial score (nSPS) is 12.6. The van der Waals surface area contributed by atoms with Crippen LogP contribution in [0.15, 0.2) is 60.9 Å². The van der Waals surface area contributed by atoms with E-state index in [1.807, 2.05) is 12.4 Å². The summed E-state index contributed by atoms with van der Waals surface area (Å²) in [5.41, 5.74) is 3.69. The molecule has 1 heterocycles. The predicted molar refractivity (Wildman–Crippen MR) is 92.0 cm³/mol. The fourth-order valence-corrected chi connectivity index (χ4v) is 2.83. The maximum absolute atomic E-state index is 4.43. The molecule has 0 aliphatic carbocycles. The second-order valence-corrected chi connectivity index (χ2v) is 5.83. The van der Waals surface area contributed by atoms with E-state index < -0.39 is 0 Å². The third kappa shape index (κ3) is 3.74. The van der Waals surface area contributed by atoms with Crippen LogP contribution < -0.4 is 5.32 Å². The molecule has 0 spiro atoms. The number of fused-ring (bicyclic) bond motifs is 1. The van der Waals surface area contributed by atoms with Gasteiger partial charge in [-0.05, 0) is 44.0 Å². The Balaban J connectivity index is 1.43. The first-order valence-corrected chi connectivity index (χ1v) is 8.00. The molecule has 1 unspecified atom stereocenters. The zero-order chi connectivity index (χ0) is 15.2. The van der Waals surface area contributed by atoms with Gasteiger partial charge in [0.25, 0.3) is 0 Å². The highest BCUT2D eigenvalue weighted by molar-refractivity contribution is 5.74. The molecule has 114 valence electrons. The Bertz CT molecular complexity index is 703. The van der Waals surface area contributed by atoms with Crippen molar-refractivity contribution in [1.29, 1.82) is 0 Å².